The minimum Gasteiger partial charge on any atom is -0.480 e. The molecule has 0 bridgehead atoms. The van der Waals surface area contributed by atoms with E-state index in [1.165, 1.54) is 10.9 Å². The summed E-state index contributed by atoms with van der Waals surface area (Å²) < 4.78 is 1.30. The fourth-order valence-corrected chi connectivity index (χ4v) is 3.21. The Hall–Kier alpha value is -1.77. The number of nitrogens with one attached hydrogen (secondary N) is 1. The Morgan fingerprint density at radius 2 is 2.29 bits per heavy atom. The summed E-state index contributed by atoms with van der Waals surface area (Å²) in [4.78, 5) is 24.4. The van der Waals surface area contributed by atoms with Gasteiger partial charge >= 0.3 is 12.0 Å². The fourth-order valence-electron chi connectivity index (χ4n) is 2.10. The van der Waals surface area contributed by atoms with Gasteiger partial charge in [0.2, 0.25) is 0 Å². The summed E-state index contributed by atoms with van der Waals surface area (Å²) in [5.74, 6) is -0.0570. The van der Waals surface area contributed by atoms with Gasteiger partial charge in [0.05, 0.1) is 12.7 Å². The first-order chi connectivity index (χ1) is 9.85. The summed E-state index contributed by atoms with van der Waals surface area (Å²) >= 11 is 1.86. The van der Waals surface area contributed by atoms with Crippen molar-refractivity contribution in [3.63, 3.8) is 0 Å². The lowest BCUT2D eigenvalue weighted by atomic mass is 10.2. The van der Waals surface area contributed by atoms with Crippen molar-refractivity contribution in [2.45, 2.75) is 31.7 Å². The summed E-state index contributed by atoms with van der Waals surface area (Å²) in [5.41, 5.74) is 0.537. The Morgan fingerprint density at radius 3 is 2.95 bits per heavy atom. The van der Waals surface area contributed by atoms with Crippen LogP contribution in [0, 0.1) is 0 Å². The summed E-state index contributed by atoms with van der Waals surface area (Å²) in [6, 6.07) is -0.129. The maximum absolute atomic E-state index is 12.1. The van der Waals surface area contributed by atoms with E-state index in [2.05, 4.69) is 29.5 Å². The Labute approximate surface area is 126 Å². The molecular formula is C12H19N5O3S. The molecule has 2 N–H and O–H groups in total. The van der Waals surface area contributed by atoms with E-state index in [1.54, 1.807) is 4.90 Å². The third-order valence-corrected chi connectivity index (χ3v) is 4.31. The predicted molar refractivity (Wildman–Crippen MR) is 78.0 cm³/mol. The second-order valence-corrected chi connectivity index (χ2v) is 7.29. The van der Waals surface area contributed by atoms with E-state index in [0.717, 1.165) is 12.3 Å². The van der Waals surface area contributed by atoms with Gasteiger partial charge in [-0.05, 0) is 13.8 Å². The lowest BCUT2D eigenvalue weighted by Gasteiger charge is -2.37. The number of aliphatic carboxylic acids is 1. The number of carbonyl (C=O) groups excluding carboxylic acids is 1. The van der Waals surface area contributed by atoms with E-state index in [-0.39, 0.29) is 23.9 Å². The third kappa shape index (κ3) is 4.62. The molecule has 0 radical (unpaired) electrons. The Morgan fingerprint density at radius 1 is 1.52 bits per heavy atom. The standard InChI is InChI=1S/C12H19N5O3S/c1-12(2)8-16(3-4-21-12)11(20)13-5-9-6-17(15-14-9)7-10(18)19/h6H,3-5,7-8H2,1-2H3,(H,13,20)(H,18,19). The largest absolute Gasteiger partial charge is 0.480 e. The van der Waals surface area contributed by atoms with Crippen molar-refractivity contribution >= 4 is 23.8 Å². The second-order valence-electron chi connectivity index (χ2n) is 5.49. The van der Waals surface area contributed by atoms with E-state index < -0.39 is 5.97 Å². The Balaban J connectivity index is 1.83. The molecule has 9 heteroatoms. The summed E-state index contributed by atoms with van der Waals surface area (Å²) in [7, 11) is 0. The molecule has 1 saturated heterocycles. The molecule has 1 fully saturated rings. The van der Waals surface area contributed by atoms with Gasteiger partial charge in [-0.15, -0.1) is 5.10 Å². The van der Waals surface area contributed by atoms with Crippen LogP contribution >= 0.6 is 11.8 Å². The van der Waals surface area contributed by atoms with Crippen molar-refractivity contribution in [1.29, 1.82) is 0 Å². The minimum atomic E-state index is -0.983. The van der Waals surface area contributed by atoms with Crippen LogP contribution in [0.2, 0.25) is 0 Å². The molecule has 1 aliphatic heterocycles. The number of aromatic nitrogens is 3. The highest BCUT2D eigenvalue weighted by atomic mass is 32.2. The predicted octanol–water partition coefficient (Wildman–Crippen LogP) is 0.400. The number of hydrogen-bond acceptors (Lipinski definition) is 5. The van der Waals surface area contributed by atoms with Crippen LogP contribution in [-0.2, 0) is 17.9 Å². The SMILES string of the molecule is CC1(C)CN(C(=O)NCc2cn(CC(=O)O)nn2)CCS1. The maximum atomic E-state index is 12.1. The molecule has 1 aliphatic rings. The first-order valence-corrected chi connectivity index (χ1v) is 7.62. The van der Waals surface area contributed by atoms with Gasteiger partial charge in [-0.25, -0.2) is 9.48 Å². The summed E-state index contributed by atoms with van der Waals surface area (Å²) in [6.45, 7) is 5.67. The summed E-state index contributed by atoms with van der Waals surface area (Å²) in [6.07, 6.45) is 1.52. The molecular weight excluding hydrogens is 294 g/mol. The molecule has 0 unspecified atom stereocenters. The van der Waals surface area contributed by atoms with Gasteiger partial charge in [0.15, 0.2) is 0 Å². The average molecular weight is 313 g/mol. The topological polar surface area (TPSA) is 100 Å². The molecule has 0 atom stereocenters. The quantitative estimate of drug-likeness (QED) is 0.834. The normalized spacial score (nSPS) is 17.5. The van der Waals surface area contributed by atoms with Crippen molar-refractivity contribution in [2.75, 3.05) is 18.8 Å². The fraction of sp³-hybridized carbons (Fsp3) is 0.667. The van der Waals surface area contributed by atoms with E-state index in [4.69, 9.17) is 5.11 Å². The van der Waals surface area contributed by atoms with Gasteiger partial charge in [0.25, 0.3) is 0 Å². The van der Waals surface area contributed by atoms with Gasteiger partial charge in [-0.2, -0.15) is 11.8 Å². The molecule has 0 spiro atoms. The molecule has 8 nitrogen and oxygen atoms in total. The van der Waals surface area contributed by atoms with Gasteiger partial charge in [0, 0.05) is 23.6 Å². The highest BCUT2D eigenvalue weighted by Crippen LogP contribution is 2.29. The third-order valence-electron chi connectivity index (χ3n) is 3.02. The molecule has 2 rings (SSSR count). The number of thioether (sulfide) groups is 1. The van der Waals surface area contributed by atoms with Crippen LogP contribution in [0.25, 0.3) is 0 Å². The number of rotatable bonds is 4. The lowest BCUT2D eigenvalue weighted by molar-refractivity contribution is -0.137. The van der Waals surface area contributed by atoms with Crippen molar-refractivity contribution in [2.24, 2.45) is 0 Å². The summed E-state index contributed by atoms with van der Waals surface area (Å²) in [5, 5.41) is 18.9. The maximum Gasteiger partial charge on any atom is 0.325 e. The van der Waals surface area contributed by atoms with Crippen LogP contribution in [0.1, 0.15) is 19.5 Å². The number of carboxylic acid groups (broad SMARTS) is 1. The molecule has 21 heavy (non-hydrogen) atoms. The molecule has 0 aromatic carbocycles. The van der Waals surface area contributed by atoms with Gasteiger partial charge in [-0.1, -0.05) is 5.21 Å². The van der Waals surface area contributed by atoms with Gasteiger partial charge in [-0.3, -0.25) is 4.79 Å². The smallest absolute Gasteiger partial charge is 0.325 e. The van der Waals surface area contributed by atoms with Crippen LogP contribution in [0.4, 0.5) is 4.79 Å². The van der Waals surface area contributed by atoms with Crippen molar-refractivity contribution in [1.82, 2.24) is 25.2 Å². The van der Waals surface area contributed by atoms with E-state index in [0.29, 0.717) is 12.2 Å². The average Bonchev–Trinajstić information content (AvgIpc) is 2.81. The number of nitrogens with zero attached hydrogens (tertiary/aromatic N) is 4. The van der Waals surface area contributed by atoms with Gasteiger partial charge < -0.3 is 15.3 Å². The first kappa shape index (κ1) is 15.6. The zero-order valence-electron chi connectivity index (χ0n) is 12.1. The van der Waals surface area contributed by atoms with Crippen LogP contribution in [0.5, 0.6) is 0 Å². The van der Waals surface area contributed by atoms with E-state index in [9.17, 15) is 9.59 Å². The zero-order valence-corrected chi connectivity index (χ0v) is 12.9. The van der Waals surface area contributed by atoms with Crippen LogP contribution < -0.4 is 5.32 Å². The van der Waals surface area contributed by atoms with Crippen LogP contribution in [0.15, 0.2) is 6.20 Å². The molecule has 0 saturated carbocycles. The minimum absolute atomic E-state index is 0.0697. The monoisotopic (exact) mass is 313 g/mol. The van der Waals surface area contributed by atoms with Crippen molar-refractivity contribution < 1.29 is 14.7 Å². The van der Waals surface area contributed by atoms with Gasteiger partial charge in [0.1, 0.15) is 12.2 Å². The first-order valence-electron chi connectivity index (χ1n) is 6.63. The second kappa shape index (κ2) is 6.33. The number of carboxylic acids is 1. The molecule has 2 amide bonds. The van der Waals surface area contributed by atoms with E-state index >= 15 is 0 Å². The highest BCUT2D eigenvalue weighted by Gasteiger charge is 2.29. The number of amides is 2. The number of carbonyl (C=O) groups is 2. The number of urea groups is 1. The Kier molecular flexibility index (Phi) is 4.71. The van der Waals surface area contributed by atoms with Crippen molar-refractivity contribution in [3.05, 3.63) is 11.9 Å². The van der Waals surface area contributed by atoms with Crippen molar-refractivity contribution in [3.8, 4) is 0 Å². The highest BCUT2D eigenvalue weighted by molar-refractivity contribution is 8.00. The molecule has 2 heterocycles. The van der Waals surface area contributed by atoms with Crippen LogP contribution in [-0.4, -0.2) is 60.6 Å². The number of hydrogen-bond donors (Lipinski definition) is 2. The Bertz CT molecular complexity index is 531. The van der Waals surface area contributed by atoms with E-state index in [1.807, 2.05) is 11.8 Å². The molecule has 116 valence electrons. The molecule has 0 aliphatic carbocycles. The molecule has 1 aromatic heterocycles. The lowest BCUT2D eigenvalue weighted by Crippen LogP contribution is -2.49. The van der Waals surface area contributed by atoms with Crippen LogP contribution in [0.3, 0.4) is 0 Å². The zero-order chi connectivity index (χ0) is 15.5. The molecule has 1 aromatic rings.